The van der Waals surface area contributed by atoms with Crippen LogP contribution in [0.2, 0.25) is 0 Å². The molecule has 0 unspecified atom stereocenters. The molecule has 0 fully saturated rings. The number of carbonyl (C=O) groups is 1. The summed E-state index contributed by atoms with van der Waals surface area (Å²) in [5, 5.41) is 11.4. The number of anilines is 1. The molecule has 1 aromatic carbocycles. The van der Waals surface area contributed by atoms with Crippen LogP contribution in [0.15, 0.2) is 47.1 Å². The lowest BCUT2D eigenvalue weighted by atomic mass is 10.1. The van der Waals surface area contributed by atoms with Gasteiger partial charge in [0.1, 0.15) is 5.82 Å². The highest BCUT2D eigenvalue weighted by Crippen LogP contribution is 2.19. The highest BCUT2D eigenvalue weighted by Gasteiger charge is 2.08. The number of aromatic nitrogens is 1. The minimum Gasteiger partial charge on any atom is -0.306 e. The van der Waals surface area contributed by atoms with Gasteiger partial charge in [0, 0.05) is 11.8 Å². The number of nitrogens with zero attached hydrogens (tertiary/aromatic N) is 2. The van der Waals surface area contributed by atoms with Crippen LogP contribution in [-0.4, -0.2) is 10.9 Å². The summed E-state index contributed by atoms with van der Waals surface area (Å²) in [4.78, 5) is 16.0. The predicted octanol–water partition coefficient (Wildman–Crippen LogP) is 2.97. The molecule has 5 heteroatoms. The molecule has 0 spiro atoms. The fraction of sp³-hybridized carbons (Fsp3) is 0. The summed E-state index contributed by atoms with van der Waals surface area (Å²) in [5.74, 6) is 0.200. The molecule has 0 bridgehead atoms. The van der Waals surface area contributed by atoms with Gasteiger partial charge in [-0.25, -0.2) is 4.98 Å². The van der Waals surface area contributed by atoms with E-state index in [1.165, 1.54) is 0 Å². The Balaban J connectivity index is 2.17. The van der Waals surface area contributed by atoms with Gasteiger partial charge in [-0.15, -0.1) is 0 Å². The second kappa shape index (κ2) is 5.43. The lowest BCUT2D eigenvalue weighted by molar-refractivity contribution is 0.102. The van der Waals surface area contributed by atoms with Gasteiger partial charge in [0.05, 0.1) is 16.1 Å². The van der Waals surface area contributed by atoms with E-state index in [0.29, 0.717) is 21.4 Å². The van der Waals surface area contributed by atoms with Crippen molar-refractivity contribution in [2.24, 2.45) is 0 Å². The van der Waals surface area contributed by atoms with E-state index < -0.39 is 0 Å². The first kappa shape index (κ1) is 12.3. The Morgan fingerprint density at radius 1 is 1.28 bits per heavy atom. The van der Waals surface area contributed by atoms with Crippen molar-refractivity contribution in [1.82, 2.24) is 4.98 Å². The molecule has 1 heterocycles. The summed E-state index contributed by atoms with van der Waals surface area (Å²) in [5.41, 5.74) is 0.997. The first-order valence-electron chi connectivity index (χ1n) is 5.13. The fourth-order valence-electron chi connectivity index (χ4n) is 1.35. The largest absolute Gasteiger partial charge is 0.306 e. The Hall–Kier alpha value is -2.19. The zero-order chi connectivity index (χ0) is 13.0. The average Bonchev–Trinajstić information content (AvgIpc) is 2.41. The highest BCUT2D eigenvalue weighted by molar-refractivity contribution is 9.10. The quantitative estimate of drug-likeness (QED) is 0.927. The molecule has 1 amide bonds. The Labute approximate surface area is 112 Å². The van der Waals surface area contributed by atoms with Crippen molar-refractivity contribution in [3.05, 3.63) is 58.2 Å². The first-order chi connectivity index (χ1) is 8.70. The Morgan fingerprint density at radius 3 is 2.61 bits per heavy atom. The molecule has 1 N–H and O–H groups in total. The zero-order valence-electron chi connectivity index (χ0n) is 9.22. The summed E-state index contributed by atoms with van der Waals surface area (Å²) < 4.78 is 0.715. The van der Waals surface area contributed by atoms with Gasteiger partial charge in [-0.2, -0.15) is 5.26 Å². The Morgan fingerprint density at radius 2 is 2.00 bits per heavy atom. The van der Waals surface area contributed by atoms with Crippen LogP contribution in [-0.2, 0) is 0 Å². The van der Waals surface area contributed by atoms with E-state index in [9.17, 15) is 4.79 Å². The molecule has 2 aromatic rings. The van der Waals surface area contributed by atoms with Gasteiger partial charge >= 0.3 is 0 Å². The van der Waals surface area contributed by atoms with Crippen molar-refractivity contribution in [2.75, 3.05) is 5.32 Å². The molecule has 0 aliphatic rings. The maximum absolute atomic E-state index is 11.9. The van der Waals surface area contributed by atoms with Crippen LogP contribution in [0.1, 0.15) is 15.9 Å². The fourth-order valence-corrected chi connectivity index (χ4v) is 1.71. The van der Waals surface area contributed by atoms with Crippen LogP contribution in [0.25, 0.3) is 0 Å². The zero-order valence-corrected chi connectivity index (χ0v) is 10.8. The van der Waals surface area contributed by atoms with E-state index in [1.54, 1.807) is 42.6 Å². The molecule has 0 saturated carbocycles. The molecule has 0 saturated heterocycles. The number of carbonyl (C=O) groups excluding carboxylic acids is 1. The second-order valence-corrected chi connectivity index (χ2v) is 4.33. The number of halogens is 1. The monoisotopic (exact) mass is 301 g/mol. The molecular weight excluding hydrogens is 294 g/mol. The smallest absolute Gasteiger partial charge is 0.256 e. The molecule has 0 radical (unpaired) electrons. The van der Waals surface area contributed by atoms with Crippen LogP contribution in [0.5, 0.6) is 0 Å². The van der Waals surface area contributed by atoms with E-state index in [4.69, 9.17) is 5.26 Å². The maximum Gasteiger partial charge on any atom is 0.256 e. The van der Waals surface area contributed by atoms with Crippen molar-refractivity contribution in [3.8, 4) is 6.07 Å². The van der Waals surface area contributed by atoms with Crippen molar-refractivity contribution in [3.63, 3.8) is 0 Å². The van der Waals surface area contributed by atoms with Crippen LogP contribution >= 0.6 is 15.9 Å². The SMILES string of the molecule is N#Cc1ccc(C(=O)Nc2ncccc2Br)cc1. The van der Waals surface area contributed by atoms with Crippen LogP contribution < -0.4 is 5.32 Å². The molecular formula is C13H8BrN3O. The molecule has 88 valence electrons. The lowest BCUT2D eigenvalue weighted by Crippen LogP contribution is -2.13. The number of benzene rings is 1. The van der Waals surface area contributed by atoms with Crippen LogP contribution in [0.4, 0.5) is 5.82 Å². The number of hydrogen-bond acceptors (Lipinski definition) is 3. The van der Waals surface area contributed by atoms with Gasteiger partial charge in [-0.1, -0.05) is 0 Å². The standard InChI is InChI=1S/C13H8BrN3O/c14-11-2-1-7-16-12(11)17-13(18)10-5-3-9(8-15)4-6-10/h1-7H,(H,16,17,18). The highest BCUT2D eigenvalue weighted by atomic mass is 79.9. The molecule has 4 nitrogen and oxygen atoms in total. The Bertz CT molecular complexity index is 617. The first-order valence-corrected chi connectivity index (χ1v) is 5.92. The number of amides is 1. The van der Waals surface area contributed by atoms with E-state index in [2.05, 4.69) is 26.2 Å². The van der Waals surface area contributed by atoms with Crippen molar-refractivity contribution < 1.29 is 4.79 Å². The minimum absolute atomic E-state index is 0.265. The van der Waals surface area contributed by atoms with E-state index >= 15 is 0 Å². The van der Waals surface area contributed by atoms with Gasteiger partial charge in [0.25, 0.3) is 5.91 Å². The number of nitrogens with one attached hydrogen (secondary N) is 1. The van der Waals surface area contributed by atoms with Gasteiger partial charge < -0.3 is 5.32 Å². The molecule has 18 heavy (non-hydrogen) atoms. The lowest BCUT2D eigenvalue weighted by Gasteiger charge is -2.05. The molecule has 0 aliphatic heterocycles. The average molecular weight is 302 g/mol. The van der Waals surface area contributed by atoms with Gasteiger partial charge in [-0.05, 0) is 52.3 Å². The summed E-state index contributed by atoms with van der Waals surface area (Å²) in [7, 11) is 0. The van der Waals surface area contributed by atoms with Crippen LogP contribution in [0.3, 0.4) is 0 Å². The third kappa shape index (κ3) is 2.73. The number of pyridine rings is 1. The van der Waals surface area contributed by atoms with Crippen molar-refractivity contribution >= 4 is 27.7 Å². The Kier molecular flexibility index (Phi) is 3.70. The molecule has 2 rings (SSSR count). The topological polar surface area (TPSA) is 65.8 Å². The summed E-state index contributed by atoms with van der Waals surface area (Å²) in [6.07, 6.45) is 1.60. The van der Waals surface area contributed by atoms with Gasteiger partial charge in [0.15, 0.2) is 0 Å². The number of rotatable bonds is 2. The number of nitriles is 1. The second-order valence-electron chi connectivity index (χ2n) is 3.48. The maximum atomic E-state index is 11.9. The van der Waals surface area contributed by atoms with E-state index in [1.807, 2.05) is 6.07 Å². The van der Waals surface area contributed by atoms with Crippen LogP contribution in [0, 0.1) is 11.3 Å². The van der Waals surface area contributed by atoms with Gasteiger partial charge in [0.2, 0.25) is 0 Å². The van der Waals surface area contributed by atoms with E-state index in [0.717, 1.165) is 0 Å². The van der Waals surface area contributed by atoms with Gasteiger partial charge in [-0.3, -0.25) is 4.79 Å². The predicted molar refractivity (Wildman–Crippen MR) is 71.0 cm³/mol. The van der Waals surface area contributed by atoms with E-state index in [-0.39, 0.29) is 5.91 Å². The number of hydrogen-bond donors (Lipinski definition) is 1. The summed E-state index contributed by atoms with van der Waals surface area (Å²) >= 11 is 3.30. The molecule has 1 aromatic heterocycles. The molecule has 0 atom stereocenters. The summed E-state index contributed by atoms with van der Waals surface area (Å²) in [6.45, 7) is 0. The minimum atomic E-state index is -0.265. The summed E-state index contributed by atoms with van der Waals surface area (Å²) in [6, 6.07) is 12.0. The van der Waals surface area contributed by atoms with Crippen molar-refractivity contribution in [1.29, 1.82) is 5.26 Å². The third-order valence-electron chi connectivity index (χ3n) is 2.27. The van der Waals surface area contributed by atoms with Crippen molar-refractivity contribution in [2.45, 2.75) is 0 Å². The third-order valence-corrected chi connectivity index (χ3v) is 2.91. The molecule has 0 aliphatic carbocycles. The normalized spacial score (nSPS) is 9.56.